The van der Waals surface area contributed by atoms with E-state index in [0.717, 1.165) is 19.4 Å². The minimum absolute atomic E-state index is 0.110. The van der Waals surface area contributed by atoms with Crippen LogP contribution in [0.15, 0.2) is 0 Å². The number of hydrogen-bond acceptors (Lipinski definition) is 5. The maximum atomic E-state index is 10.4. The van der Waals surface area contributed by atoms with E-state index < -0.39 is 26.6 Å². The van der Waals surface area contributed by atoms with Crippen molar-refractivity contribution in [2.24, 2.45) is 0 Å². The number of rotatable bonds is 6. The fourth-order valence-corrected chi connectivity index (χ4v) is 3.51. The van der Waals surface area contributed by atoms with Crippen LogP contribution in [0.4, 0.5) is 0 Å². The lowest BCUT2D eigenvalue weighted by molar-refractivity contribution is -0.144. The highest BCUT2D eigenvalue weighted by Crippen LogP contribution is 2.37. The van der Waals surface area contributed by atoms with Gasteiger partial charge < -0.3 is 19.7 Å². The molecule has 0 aromatic rings. The van der Waals surface area contributed by atoms with Gasteiger partial charge in [-0.25, -0.2) is 0 Å². The zero-order chi connectivity index (χ0) is 17.1. The lowest BCUT2D eigenvalue weighted by Gasteiger charge is -2.46. The molecule has 132 valence electrons. The molecule has 5 nitrogen and oxygen atoms in total. The minimum Gasteiger partial charge on any atom is -0.415 e. The molecule has 6 heteroatoms. The minimum atomic E-state index is -1.90. The molecular formula is C16H35NO4Si. The molecule has 0 radical (unpaired) electrons. The molecule has 1 aliphatic heterocycles. The molecule has 0 unspecified atom stereocenters. The molecule has 4 atom stereocenters. The normalized spacial score (nSPS) is 31.5. The molecule has 22 heavy (non-hydrogen) atoms. The molecule has 1 heterocycles. The molecule has 0 amide bonds. The van der Waals surface area contributed by atoms with Crippen LogP contribution in [0.5, 0.6) is 0 Å². The fraction of sp³-hybridized carbons (Fsp3) is 1.00. The Bertz CT molecular complexity index is 346. The maximum Gasteiger partial charge on any atom is 0.192 e. The fourth-order valence-electron chi connectivity index (χ4n) is 2.49. The number of likely N-dealkylation sites (tertiary alicyclic amines) is 1. The Morgan fingerprint density at radius 3 is 2.23 bits per heavy atom. The van der Waals surface area contributed by atoms with Crippen molar-refractivity contribution in [3.63, 3.8) is 0 Å². The van der Waals surface area contributed by atoms with Gasteiger partial charge in [0.05, 0.1) is 18.8 Å². The molecule has 3 N–H and O–H groups in total. The third kappa shape index (κ3) is 4.76. The Hall–Kier alpha value is 0.0169. The lowest BCUT2D eigenvalue weighted by Crippen LogP contribution is -2.63. The largest absolute Gasteiger partial charge is 0.415 e. The maximum absolute atomic E-state index is 10.4. The Balaban J connectivity index is 2.77. The molecule has 1 fully saturated rings. The van der Waals surface area contributed by atoms with Crippen molar-refractivity contribution in [1.29, 1.82) is 0 Å². The van der Waals surface area contributed by atoms with Crippen LogP contribution in [0.1, 0.15) is 40.5 Å². The molecule has 0 bridgehead atoms. The summed E-state index contributed by atoms with van der Waals surface area (Å²) in [6, 6.07) is -0.251. The average molecular weight is 334 g/mol. The van der Waals surface area contributed by atoms with Crippen molar-refractivity contribution in [1.82, 2.24) is 4.90 Å². The van der Waals surface area contributed by atoms with E-state index in [0.29, 0.717) is 13.2 Å². The summed E-state index contributed by atoms with van der Waals surface area (Å²) < 4.78 is 6.24. The predicted molar refractivity (Wildman–Crippen MR) is 91.4 cm³/mol. The zero-order valence-electron chi connectivity index (χ0n) is 15.0. The van der Waals surface area contributed by atoms with Gasteiger partial charge in [-0.15, -0.1) is 0 Å². The van der Waals surface area contributed by atoms with Gasteiger partial charge in [0, 0.05) is 6.54 Å². The van der Waals surface area contributed by atoms with Gasteiger partial charge >= 0.3 is 0 Å². The Morgan fingerprint density at radius 2 is 1.73 bits per heavy atom. The first-order chi connectivity index (χ1) is 10.0. The van der Waals surface area contributed by atoms with Crippen LogP contribution >= 0.6 is 0 Å². The van der Waals surface area contributed by atoms with Gasteiger partial charge in [0.2, 0.25) is 0 Å². The van der Waals surface area contributed by atoms with Gasteiger partial charge in [-0.05, 0) is 31.1 Å². The number of β-amino-alcohol motifs (C(OH)–C–C–N with tert-alkyl or cyclic N) is 1. The van der Waals surface area contributed by atoms with Crippen molar-refractivity contribution in [3.8, 4) is 0 Å². The standard InChI is InChI=1S/C16H35NO4Si/c1-7-8-9-17-10-13(18)15(20)14(19)12(17)11-21-22(5,6)16(2,3)4/h12-15,18-20H,7-11H2,1-6H3/t12-,13+,14-,15-/m1/s1. The molecular weight excluding hydrogens is 298 g/mol. The van der Waals surface area contributed by atoms with Gasteiger partial charge in [-0.2, -0.15) is 0 Å². The highest BCUT2D eigenvalue weighted by atomic mass is 28.4. The second-order valence-electron chi connectivity index (χ2n) is 8.04. The van der Waals surface area contributed by atoms with Crippen molar-refractivity contribution in [2.45, 2.75) is 83.0 Å². The topological polar surface area (TPSA) is 73.2 Å². The van der Waals surface area contributed by atoms with Gasteiger partial charge in [0.25, 0.3) is 0 Å². The summed E-state index contributed by atoms with van der Waals surface area (Å²) >= 11 is 0. The highest BCUT2D eigenvalue weighted by Gasteiger charge is 2.43. The third-order valence-corrected chi connectivity index (χ3v) is 9.75. The van der Waals surface area contributed by atoms with Gasteiger partial charge in [-0.3, -0.25) is 4.90 Å². The molecule has 1 rings (SSSR count). The van der Waals surface area contributed by atoms with Crippen molar-refractivity contribution >= 4 is 8.32 Å². The van der Waals surface area contributed by atoms with Crippen LogP contribution in [-0.4, -0.2) is 72.6 Å². The summed E-state index contributed by atoms with van der Waals surface area (Å²) in [7, 11) is -1.90. The van der Waals surface area contributed by atoms with E-state index in [-0.39, 0.29) is 11.1 Å². The molecule has 0 spiro atoms. The quantitative estimate of drug-likeness (QED) is 0.644. The number of nitrogens with zero attached hydrogens (tertiary/aromatic N) is 1. The van der Waals surface area contributed by atoms with Crippen molar-refractivity contribution in [3.05, 3.63) is 0 Å². The number of aliphatic hydroxyl groups is 3. The SMILES string of the molecule is CCCCN1C[C@H](O)[C@@H](O)[C@H](O)[C@H]1CO[Si](C)(C)C(C)(C)C. The van der Waals surface area contributed by atoms with E-state index in [2.05, 4.69) is 45.7 Å². The Labute approximate surface area is 136 Å². The van der Waals surface area contributed by atoms with Crippen LogP contribution in [0, 0.1) is 0 Å². The average Bonchev–Trinajstić information content (AvgIpc) is 2.40. The smallest absolute Gasteiger partial charge is 0.192 e. The molecule has 0 aromatic heterocycles. The van der Waals surface area contributed by atoms with Gasteiger partial charge in [-0.1, -0.05) is 34.1 Å². The second-order valence-corrected chi connectivity index (χ2v) is 12.8. The summed E-state index contributed by atoms with van der Waals surface area (Å²) in [5.74, 6) is 0. The lowest BCUT2D eigenvalue weighted by atomic mass is 9.94. The monoisotopic (exact) mass is 333 g/mol. The molecule has 0 saturated carbocycles. The van der Waals surface area contributed by atoms with E-state index in [1.165, 1.54) is 0 Å². The first-order valence-corrected chi connectivity index (χ1v) is 11.3. The zero-order valence-corrected chi connectivity index (χ0v) is 16.0. The van der Waals surface area contributed by atoms with Crippen LogP contribution in [-0.2, 0) is 4.43 Å². The van der Waals surface area contributed by atoms with E-state index in [1.54, 1.807) is 0 Å². The molecule has 0 aromatic carbocycles. The Kier molecular flexibility index (Phi) is 7.04. The van der Waals surface area contributed by atoms with Crippen molar-refractivity contribution < 1.29 is 19.7 Å². The Morgan fingerprint density at radius 1 is 1.14 bits per heavy atom. The second kappa shape index (κ2) is 7.72. The van der Waals surface area contributed by atoms with Crippen LogP contribution in [0.3, 0.4) is 0 Å². The van der Waals surface area contributed by atoms with Crippen LogP contribution < -0.4 is 0 Å². The first kappa shape index (κ1) is 20.1. The summed E-state index contributed by atoms with van der Waals surface area (Å²) in [4.78, 5) is 2.07. The summed E-state index contributed by atoms with van der Waals surface area (Å²) in [6.45, 7) is 14.6. The first-order valence-electron chi connectivity index (χ1n) is 8.43. The molecule has 0 aliphatic carbocycles. The van der Waals surface area contributed by atoms with E-state index in [4.69, 9.17) is 4.43 Å². The van der Waals surface area contributed by atoms with E-state index in [9.17, 15) is 15.3 Å². The summed E-state index contributed by atoms with van der Waals surface area (Å²) in [6.07, 6.45) is -0.889. The van der Waals surface area contributed by atoms with Crippen LogP contribution in [0.25, 0.3) is 0 Å². The number of piperidine rings is 1. The van der Waals surface area contributed by atoms with Gasteiger partial charge in [0.1, 0.15) is 12.2 Å². The summed E-state index contributed by atoms with van der Waals surface area (Å²) in [5, 5.41) is 30.4. The van der Waals surface area contributed by atoms with E-state index >= 15 is 0 Å². The number of unbranched alkanes of at least 4 members (excludes halogenated alkanes) is 1. The molecule has 1 saturated heterocycles. The van der Waals surface area contributed by atoms with Crippen LogP contribution in [0.2, 0.25) is 18.1 Å². The highest BCUT2D eigenvalue weighted by molar-refractivity contribution is 6.74. The van der Waals surface area contributed by atoms with Crippen molar-refractivity contribution in [2.75, 3.05) is 19.7 Å². The summed E-state index contributed by atoms with van der Waals surface area (Å²) in [5.41, 5.74) is 0. The third-order valence-electron chi connectivity index (χ3n) is 5.25. The number of aliphatic hydroxyl groups excluding tert-OH is 3. The number of hydrogen-bond donors (Lipinski definition) is 3. The predicted octanol–water partition coefficient (Wildman–Crippen LogP) is 1.58. The van der Waals surface area contributed by atoms with E-state index in [1.807, 2.05) is 0 Å². The molecule has 1 aliphatic rings. The van der Waals surface area contributed by atoms with Gasteiger partial charge in [0.15, 0.2) is 8.32 Å².